The summed E-state index contributed by atoms with van der Waals surface area (Å²) in [5.74, 6) is 1.30. The van der Waals surface area contributed by atoms with Crippen LogP contribution >= 0.6 is 0 Å². The molecule has 0 aliphatic rings. The number of aromatic nitrogens is 2. The fourth-order valence-corrected chi connectivity index (χ4v) is 4.66. The van der Waals surface area contributed by atoms with Crippen LogP contribution in [0.1, 0.15) is 135 Å². The molecular formula is C30H57N3O2. The number of aryl methyl sites for hydroxylation is 2. The monoisotopic (exact) mass is 491 g/mol. The van der Waals surface area contributed by atoms with Crippen LogP contribution in [0.4, 0.5) is 0 Å². The number of esters is 1. The van der Waals surface area contributed by atoms with Crippen LogP contribution in [0, 0.1) is 12.8 Å². The molecule has 0 aliphatic carbocycles. The van der Waals surface area contributed by atoms with Gasteiger partial charge in [-0.15, -0.1) is 0 Å². The van der Waals surface area contributed by atoms with Crippen LogP contribution in [0.3, 0.4) is 0 Å². The van der Waals surface area contributed by atoms with Crippen molar-refractivity contribution in [1.82, 2.24) is 14.9 Å². The lowest BCUT2D eigenvalue weighted by atomic mass is 9.94. The Balaban J connectivity index is 2.02. The second-order valence-electron chi connectivity index (χ2n) is 10.3. The summed E-state index contributed by atoms with van der Waals surface area (Å²) in [5, 5.41) is 3.56. The third kappa shape index (κ3) is 17.7. The third-order valence-electron chi connectivity index (χ3n) is 7.06. The van der Waals surface area contributed by atoms with E-state index >= 15 is 0 Å². The maximum absolute atomic E-state index is 12.7. The van der Waals surface area contributed by atoms with Crippen LogP contribution in [-0.2, 0) is 16.1 Å². The molecule has 0 amide bonds. The zero-order chi connectivity index (χ0) is 25.4. The highest BCUT2D eigenvalue weighted by molar-refractivity contribution is 5.72. The first-order chi connectivity index (χ1) is 17.2. The molecule has 1 heterocycles. The highest BCUT2D eigenvalue weighted by Gasteiger charge is 2.19. The lowest BCUT2D eigenvalue weighted by molar-refractivity contribution is -0.149. The lowest BCUT2D eigenvalue weighted by Crippen LogP contribution is -2.19. The summed E-state index contributed by atoms with van der Waals surface area (Å²) in [7, 11) is 0. The number of hydrogen-bond donors (Lipinski definition) is 1. The Labute approximate surface area is 217 Å². The molecule has 5 nitrogen and oxygen atoms in total. The van der Waals surface area contributed by atoms with Crippen molar-refractivity contribution in [1.29, 1.82) is 0 Å². The fourth-order valence-electron chi connectivity index (χ4n) is 4.66. The molecule has 0 spiro atoms. The number of carbonyl (C=O) groups is 1. The molecule has 0 aliphatic heterocycles. The van der Waals surface area contributed by atoms with Gasteiger partial charge < -0.3 is 14.6 Å². The number of imidazole rings is 1. The molecular weight excluding hydrogens is 434 g/mol. The van der Waals surface area contributed by atoms with Gasteiger partial charge in [0.15, 0.2) is 0 Å². The smallest absolute Gasteiger partial charge is 0.308 e. The van der Waals surface area contributed by atoms with Gasteiger partial charge in [-0.1, -0.05) is 90.9 Å². The van der Waals surface area contributed by atoms with Gasteiger partial charge in [-0.25, -0.2) is 4.98 Å². The highest BCUT2D eigenvalue weighted by Crippen LogP contribution is 2.20. The Hall–Kier alpha value is -1.36. The minimum Gasteiger partial charge on any atom is -0.465 e. The third-order valence-corrected chi connectivity index (χ3v) is 7.06. The Morgan fingerprint density at radius 1 is 0.829 bits per heavy atom. The maximum atomic E-state index is 12.7. The molecule has 5 heteroatoms. The van der Waals surface area contributed by atoms with E-state index in [2.05, 4.69) is 41.8 Å². The predicted molar refractivity (Wildman–Crippen MR) is 149 cm³/mol. The van der Waals surface area contributed by atoms with E-state index < -0.39 is 0 Å². The molecule has 0 bridgehead atoms. The summed E-state index contributed by atoms with van der Waals surface area (Å²) in [4.78, 5) is 17.0. The van der Waals surface area contributed by atoms with Gasteiger partial charge in [-0.05, 0) is 58.5 Å². The van der Waals surface area contributed by atoms with Crippen molar-refractivity contribution >= 4 is 5.97 Å². The number of hydrogen-bond acceptors (Lipinski definition) is 4. The van der Waals surface area contributed by atoms with Crippen molar-refractivity contribution in [2.45, 2.75) is 143 Å². The van der Waals surface area contributed by atoms with E-state index in [0.29, 0.717) is 6.61 Å². The minimum absolute atomic E-state index is 0.0719. The van der Waals surface area contributed by atoms with Crippen molar-refractivity contribution in [3.63, 3.8) is 0 Å². The molecule has 1 unspecified atom stereocenters. The first-order valence-electron chi connectivity index (χ1n) is 15.0. The molecule has 0 aromatic carbocycles. The van der Waals surface area contributed by atoms with Crippen LogP contribution in [0.2, 0.25) is 0 Å². The summed E-state index contributed by atoms with van der Waals surface area (Å²) in [6, 6.07) is 0. The van der Waals surface area contributed by atoms with Crippen molar-refractivity contribution in [3.05, 3.63) is 18.2 Å². The van der Waals surface area contributed by atoms with Gasteiger partial charge >= 0.3 is 5.97 Å². The number of nitrogens with zero attached hydrogens (tertiary/aromatic N) is 2. The van der Waals surface area contributed by atoms with Crippen molar-refractivity contribution in [2.24, 2.45) is 5.92 Å². The van der Waals surface area contributed by atoms with Gasteiger partial charge in [0.05, 0.1) is 12.5 Å². The zero-order valence-electron chi connectivity index (χ0n) is 23.5. The van der Waals surface area contributed by atoms with E-state index in [4.69, 9.17) is 4.74 Å². The van der Waals surface area contributed by atoms with Gasteiger partial charge in [0, 0.05) is 18.9 Å². The summed E-state index contributed by atoms with van der Waals surface area (Å²) in [5.41, 5.74) is 0. The van der Waals surface area contributed by atoms with Crippen LogP contribution in [0.5, 0.6) is 0 Å². The number of ether oxygens (including phenoxy) is 1. The molecule has 1 aromatic rings. The van der Waals surface area contributed by atoms with Crippen molar-refractivity contribution in [3.8, 4) is 0 Å². The summed E-state index contributed by atoms with van der Waals surface area (Å²) < 4.78 is 7.93. The average molecular weight is 492 g/mol. The largest absolute Gasteiger partial charge is 0.465 e. The molecule has 0 saturated carbocycles. The Kier molecular flexibility index (Phi) is 20.9. The second-order valence-corrected chi connectivity index (χ2v) is 10.3. The first kappa shape index (κ1) is 31.7. The summed E-state index contributed by atoms with van der Waals surface area (Å²) in [6.07, 6.45) is 25.5. The fraction of sp³-hybridized carbons (Fsp3) is 0.867. The van der Waals surface area contributed by atoms with Crippen LogP contribution in [-0.4, -0.2) is 35.2 Å². The van der Waals surface area contributed by atoms with Crippen LogP contribution < -0.4 is 5.32 Å². The van der Waals surface area contributed by atoms with Crippen LogP contribution in [0.25, 0.3) is 0 Å². The predicted octanol–water partition coefficient (Wildman–Crippen LogP) is 8.00. The average Bonchev–Trinajstić information content (AvgIpc) is 3.27. The highest BCUT2D eigenvalue weighted by atomic mass is 16.5. The minimum atomic E-state index is 0.0719. The molecule has 0 saturated heterocycles. The van der Waals surface area contributed by atoms with Gasteiger partial charge in [0.1, 0.15) is 5.82 Å². The van der Waals surface area contributed by atoms with Crippen molar-refractivity contribution in [2.75, 3.05) is 19.7 Å². The first-order valence-corrected chi connectivity index (χ1v) is 15.0. The van der Waals surface area contributed by atoms with Crippen LogP contribution in [0.15, 0.2) is 12.4 Å². The number of unbranched alkanes of at least 4 members (excludes halogenated alkanes) is 12. The van der Waals surface area contributed by atoms with E-state index in [1.807, 2.05) is 6.20 Å². The SMILES string of the molecule is CCCCCCCCC(CCCCCC)C(=O)OCCCCCCNCCCCn1ccnc1C. The van der Waals surface area contributed by atoms with E-state index in [0.717, 1.165) is 51.1 Å². The van der Waals surface area contributed by atoms with Gasteiger partial charge in [-0.3, -0.25) is 4.79 Å². The summed E-state index contributed by atoms with van der Waals surface area (Å²) >= 11 is 0. The molecule has 0 fully saturated rings. The molecule has 35 heavy (non-hydrogen) atoms. The topological polar surface area (TPSA) is 56.1 Å². The molecule has 1 N–H and O–H groups in total. The van der Waals surface area contributed by atoms with Crippen molar-refractivity contribution < 1.29 is 9.53 Å². The van der Waals surface area contributed by atoms with Gasteiger partial charge in [0.25, 0.3) is 0 Å². The lowest BCUT2D eigenvalue weighted by Gasteiger charge is -2.16. The van der Waals surface area contributed by atoms with E-state index in [1.54, 1.807) is 0 Å². The molecule has 1 aromatic heterocycles. The zero-order valence-corrected chi connectivity index (χ0v) is 23.5. The Bertz CT molecular complexity index is 602. The van der Waals surface area contributed by atoms with Gasteiger partial charge in [-0.2, -0.15) is 0 Å². The molecule has 204 valence electrons. The van der Waals surface area contributed by atoms with E-state index in [1.165, 1.54) is 89.9 Å². The molecule has 1 atom stereocenters. The van der Waals surface area contributed by atoms with E-state index in [9.17, 15) is 4.79 Å². The van der Waals surface area contributed by atoms with E-state index in [-0.39, 0.29) is 11.9 Å². The number of carbonyl (C=O) groups excluding carboxylic acids is 1. The quantitative estimate of drug-likeness (QED) is 0.111. The maximum Gasteiger partial charge on any atom is 0.308 e. The summed E-state index contributed by atoms with van der Waals surface area (Å²) in [6.45, 7) is 10.4. The number of nitrogens with one attached hydrogen (secondary N) is 1. The second kappa shape index (κ2) is 23.1. The number of rotatable bonds is 25. The Morgan fingerprint density at radius 3 is 2.06 bits per heavy atom. The molecule has 0 radical (unpaired) electrons. The Morgan fingerprint density at radius 2 is 1.40 bits per heavy atom. The standard InChI is InChI=1S/C30H57N3O2/c1-4-6-8-10-11-15-21-29(20-14-9-7-5-2)30(34)35-27-19-13-12-16-22-31-23-17-18-25-33-26-24-32-28(33)3/h24,26,29,31H,4-23,25,27H2,1-3H3. The molecule has 1 rings (SSSR count). The normalized spacial score (nSPS) is 12.2. The van der Waals surface area contributed by atoms with Gasteiger partial charge in [0.2, 0.25) is 0 Å².